The minimum Gasteiger partial charge on any atom is -0.481 e. The zero-order valence-corrected chi connectivity index (χ0v) is 9.53. The Morgan fingerprint density at radius 2 is 1.73 bits per heavy atom. The maximum Gasteiger partial charge on any atom is 0.307 e. The number of aliphatic carboxylic acids is 1. The zero-order valence-electron chi connectivity index (χ0n) is 9.53. The van der Waals surface area contributed by atoms with E-state index in [4.69, 9.17) is 5.11 Å². The SMILES string of the molecule is Cc1nc(C(C)C)nc(C)c1CC(=O)O. The van der Waals surface area contributed by atoms with Gasteiger partial charge in [0.25, 0.3) is 0 Å². The molecule has 4 heteroatoms. The number of hydrogen-bond donors (Lipinski definition) is 1. The number of carboxylic acids is 1. The molecular formula is C11H16N2O2. The van der Waals surface area contributed by atoms with Crippen molar-refractivity contribution in [2.24, 2.45) is 0 Å². The van der Waals surface area contributed by atoms with Crippen molar-refractivity contribution in [1.29, 1.82) is 0 Å². The van der Waals surface area contributed by atoms with Crippen molar-refractivity contribution in [1.82, 2.24) is 9.97 Å². The molecule has 1 N–H and O–H groups in total. The Hall–Kier alpha value is -1.45. The van der Waals surface area contributed by atoms with Gasteiger partial charge in [-0.1, -0.05) is 13.8 Å². The maximum absolute atomic E-state index is 10.6. The Morgan fingerprint density at radius 1 is 1.27 bits per heavy atom. The molecule has 0 radical (unpaired) electrons. The third-order valence-corrected chi connectivity index (χ3v) is 2.28. The lowest BCUT2D eigenvalue weighted by atomic mass is 10.1. The first kappa shape index (κ1) is 11.6. The second kappa shape index (κ2) is 4.38. The lowest BCUT2D eigenvalue weighted by Gasteiger charge is -2.10. The van der Waals surface area contributed by atoms with Crippen LogP contribution in [0.4, 0.5) is 0 Å². The molecule has 1 rings (SSSR count). The van der Waals surface area contributed by atoms with Gasteiger partial charge in [-0.05, 0) is 13.8 Å². The lowest BCUT2D eigenvalue weighted by molar-refractivity contribution is -0.136. The second-order valence-electron chi connectivity index (χ2n) is 3.96. The molecule has 0 saturated heterocycles. The second-order valence-corrected chi connectivity index (χ2v) is 3.96. The highest BCUT2D eigenvalue weighted by atomic mass is 16.4. The molecule has 0 atom stereocenters. The fourth-order valence-corrected chi connectivity index (χ4v) is 1.43. The van der Waals surface area contributed by atoms with E-state index in [0.29, 0.717) is 0 Å². The Morgan fingerprint density at radius 3 is 2.07 bits per heavy atom. The van der Waals surface area contributed by atoms with Gasteiger partial charge < -0.3 is 5.11 Å². The van der Waals surface area contributed by atoms with Crippen LogP contribution in [0.15, 0.2) is 0 Å². The van der Waals surface area contributed by atoms with Crippen molar-refractivity contribution < 1.29 is 9.90 Å². The summed E-state index contributed by atoms with van der Waals surface area (Å²) in [5.41, 5.74) is 2.27. The van der Waals surface area contributed by atoms with Crippen LogP contribution in [0.1, 0.15) is 42.5 Å². The monoisotopic (exact) mass is 208 g/mol. The quantitative estimate of drug-likeness (QED) is 0.823. The standard InChI is InChI=1S/C11H16N2O2/c1-6(2)11-12-7(3)9(5-10(14)15)8(4)13-11/h6H,5H2,1-4H3,(H,14,15). The highest BCUT2D eigenvalue weighted by molar-refractivity contribution is 5.70. The molecule has 0 aliphatic carbocycles. The van der Waals surface area contributed by atoms with E-state index in [9.17, 15) is 4.79 Å². The molecule has 0 aromatic carbocycles. The third-order valence-electron chi connectivity index (χ3n) is 2.28. The van der Waals surface area contributed by atoms with Gasteiger partial charge in [0.15, 0.2) is 0 Å². The zero-order chi connectivity index (χ0) is 11.6. The Labute approximate surface area is 89.4 Å². The van der Waals surface area contributed by atoms with Gasteiger partial charge in [-0.25, -0.2) is 9.97 Å². The van der Waals surface area contributed by atoms with Crippen molar-refractivity contribution in [3.63, 3.8) is 0 Å². The fraction of sp³-hybridized carbons (Fsp3) is 0.545. The first-order chi connectivity index (χ1) is 6.91. The highest BCUT2D eigenvalue weighted by Gasteiger charge is 2.12. The molecule has 0 aliphatic heterocycles. The Bertz CT molecular complexity index is 363. The first-order valence-corrected chi connectivity index (χ1v) is 4.97. The summed E-state index contributed by atoms with van der Waals surface area (Å²) in [4.78, 5) is 19.3. The molecule has 82 valence electrons. The van der Waals surface area contributed by atoms with Gasteiger partial charge in [0.2, 0.25) is 0 Å². The first-order valence-electron chi connectivity index (χ1n) is 4.97. The van der Waals surface area contributed by atoms with Gasteiger partial charge in [0.1, 0.15) is 5.82 Å². The van der Waals surface area contributed by atoms with E-state index in [1.807, 2.05) is 27.7 Å². The molecule has 4 nitrogen and oxygen atoms in total. The average molecular weight is 208 g/mol. The number of carbonyl (C=O) groups is 1. The van der Waals surface area contributed by atoms with Gasteiger partial charge in [-0.3, -0.25) is 4.79 Å². The maximum atomic E-state index is 10.6. The average Bonchev–Trinajstić information content (AvgIpc) is 2.10. The number of carboxylic acid groups (broad SMARTS) is 1. The summed E-state index contributed by atoms with van der Waals surface area (Å²) in [6.07, 6.45) is -0.00393. The number of hydrogen-bond acceptors (Lipinski definition) is 3. The molecule has 1 heterocycles. The van der Waals surface area contributed by atoms with Crippen molar-refractivity contribution in [3.8, 4) is 0 Å². The normalized spacial score (nSPS) is 10.7. The summed E-state index contributed by atoms with van der Waals surface area (Å²) in [6.45, 7) is 7.70. The number of aromatic nitrogens is 2. The van der Waals surface area contributed by atoms with Crippen LogP contribution in [0, 0.1) is 13.8 Å². The smallest absolute Gasteiger partial charge is 0.307 e. The van der Waals surface area contributed by atoms with Crippen LogP contribution in [0.2, 0.25) is 0 Å². The van der Waals surface area contributed by atoms with Crippen molar-refractivity contribution in [2.75, 3.05) is 0 Å². The van der Waals surface area contributed by atoms with Gasteiger partial charge >= 0.3 is 5.97 Å². The summed E-state index contributed by atoms with van der Waals surface area (Å²) in [5.74, 6) is 0.197. The van der Waals surface area contributed by atoms with E-state index < -0.39 is 5.97 Å². The van der Waals surface area contributed by atoms with E-state index in [1.165, 1.54) is 0 Å². The largest absolute Gasteiger partial charge is 0.481 e. The van der Waals surface area contributed by atoms with Crippen molar-refractivity contribution in [3.05, 3.63) is 22.8 Å². The van der Waals surface area contributed by atoms with E-state index in [2.05, 4.69) is 9.97 Å². The van der Waals surface area contributed by atoms with Gasteiger partial charge in [-0.2, -0.15) is 0 Å². The molecule has 15 heavy (non-hydrogen) atoms. The number of nitrogens with zero attached hydrogens (tertiary/aromatic N) is 2. The molecule has 0 saturated carbocycles. The molecule has 0 amide bonds. The predicted octanol–water partition coefficient (Wildman–Crippen LogP) is 1.84. The van der Waals surface area contributed by atoms with Gasteiger partial charge in [0.05, 0.1) is 6.42 Å². The summed E-state index contributed by atoms with van der Waals surface area (Å²) in [5, 5.41) is 8.74. The van der Waals surface area contributed by atoms with E-state index in [0.717, 1.165) is 22.8 Å². The van der Waals surface area contributed by atoms with Crippen LogP contribution in [0.3, 0.4) is 0 Å². The van der Waals surface area contributed by atoms with Crippen molar-refractivity contribution >= 4 is 5.97 Å². The van der Waals surface area contributed by atoms with Crippen LogP contribution in [-0.2, 0) is 11.2 Å². The minimum absolute atomic E-state index is 0.00393. The molecule has 0 bridgehead atoms. The van der Waals surface area contributed by atoms with Gasteiger partial charge in [0, 0.05) is 22.9 Å². The molecular weight excluding hydrogens is 192 g/mol. The van der Waals surface area contributed by atoms with Crippen molar-refractivity contribution in [2.45, 2.75) is 40.0 Å². The Kier molecular flexibility index (Phi) is 3.39. The van der Waals surface area contributed by atoms with E-state index in [-0.39, 0.29) is 12.3 Å². The summed E-state index contributed by atoms with van der Waals surface area (Å²) in [7, 11) is 0. The van der Waals surface area contributed by atoms with E-state index in [1.54, 1.807) is 0 Å². The molecule has 0 unspecified atom stereocenters. The molecule has 0 fully saturated rings. The molecule has 1 aromatic rings. The van der Waals surface area contributed by atoms with Crippen LogP contribution >= 0.6 is 0 Å². The predicted molar refractivity (Wildman–Crippen MR) is 56.9 cm³/mol. The minimum atomic E-state index is -0.845. The summed E-state index contributed by atoms with van der Waals surface area (Å²) >= 11 is 0. The van der Waals surface area contributed by atoms with Crippen LogP contribution in [0.25, 0.3) is 0 Å². The fourth-order valence-electron chi connectivity index (χ4n) is 1.43. The lowest BCUT2D eigenvalue weighted by Crippen LogP contribution is -2.10. The molecule has 1 aromatic heterocycles. The van der Waals surface area contributed by atoms with Crippen LogP contribution in [0.5, 0.6) is 0 Å². The summed E-state index contributed by atoms with van der Waals surface area (Å²) < 4.78 is 0. The summed E-state index contributed by atoms with van der Waals surface area (Å²) in [6, 6.07) is 0. The number of aryl methyl sites for hydroxylation is 2. The Balaban J connectivity index is 3.15. The molecule has 0 aliphatic rings. The van der Waals surface area contributed by atoms with Crippen LogP contribution in [-0.4, -0.2) is 21.0 Å². The van der Waals surface area contributed by atoms with Gasteiger partial charge in [-0.15, -0.1) is 0 Å². The van der Waals surface area contributed by atoms with E-state index >= 15 is 0 Å². The third kappa shape index (κ3) is 2.75. The molecule has 0 spiro atoms. The topological polar surface area (TPSA) is 63.1 Å². The number of rotatable bonds is 3. The highest BCUT2D eigenvalue weighted by Crippen LogP contribution is 2.15. The van der Waals surface area contributed by atoms with Crippen LogP contribution < -0.4 is 0 Å².